The minimum Gasteiger partial charge on any atom is -0.274 e. The van der Waals surface area contributed by atoms with Crippen molar-refractivity contribution >= 4 is 21.2 Å². The quantitative estimate of drug-likeness (QED) is 0.434. The molecule has 11 heavy (non-hydrogen) atoms. The molecule has 2 amide bonds. The van der Waals surface area contributed by atoms with Crippen molar-refractivity contribution in [1.29, 1.82) is 0 Å². The van der Waals surface area contributed by atoms with Crippen molar-refractivity contribution in [2.45, 2.75) is 20.3 Å². The Morgan fingerprint density at radius 1 is 1.55 bits per heavy atom. The van der Waals surface area contributed by atoms with Gasteiger partial charge in [0.25, 0.3) is 0 Å². The minimum atomic E-state index is -0.0972. The van der Waals surface area contributed by atoms with E-state index in [0.717, 1.165) is 4.67 Å². The van der Waals surface area contributed by atoms with Gasteiger partial charge in [0.1, 0.15) is 0 Å². The highest BCUT2D eigenvalue weighted by atomic mass is 31.0. The van der Waals surface area contributed by atoms with Crippen LogP contribution in [0.15, 0.2) is 0 Å². The van der Waals surface area contributed by atoms with Gasteiger partial charge in [-0.1, -0.05) is 13.8 Å². The van der Waals surface area contributed by atoms with Gasteiger partial charge in [-0.25, -0.2) is 0 Å². The van der Waals surface area contributed by atoms with Crippen LogP contribution < -0.4 is 0 Å². The summed E-state index contributed by atoms with van der Waals surface area (Å²) in [7, 11) is 2.15. The maximum Gasteiger partial charge on any atom is 0.235 e. The van der Waals surface area contributed by atoms with E-state index in [2.05, 4.69) is 9.39 Å². The van der Waals surface area contributed by atoms with Crippen LogP contribution >= 0.6 is 9.39 Å². The zero-order valence-corrected chi connectivity index (χ0v) is 7.86. The average molecular weight is 173 g/mol. The highest BCUT2D eigenvalue weighted by Crippen LogP contribution is 2.28. The molecule has 2 unspecified atom stereocenters. The fourth-order valence-corrected chi connectivity index (χ4v) is 1.49. The van der Waals surface area contributed by atoms with Gasteiger partial charge in [-0.15, -0.1) is 0 Å². The molecule has 1 rings (SSSR count). The van der Waals surface area contributed by atoms with Gasteiger partial charge >= 0.3 is 0 Å². The lowest BCUT2D eigenvalue weighted by atomic mass is 9.95. The van der Waals surface area contributed by atoms with E-state index in [4.69, 9.17) is 0 Å². The van der Waals surface area contributed by atoms with E-state index in [1.54, 1.807) is 0 Å². The van der Waals surface area contributed by atoms with Gasteiger partial charge < -0.3 is 0 Å². The smallest absolute Gasteiger partial charge is 0.235 e. The Balaban J connectivity index is 2.75. The topological polar surface area (TPSA) is 37.4 Å². The summed E-state index contributed by atoms with van der Waals surface area (Å²) in [4.78, 5) is 22.2. The summed E-state index contributed by atoms with van der Waals surface area (Å²) in [5.74, 6) is 0.0192. The Morgan fingerprint density at radius 3 is 2.27 bits per heavy atom. The van der Waals surface area contributed by atoms with Gasteiger partial charge in [-0.05, 0) is 15.3 Å². The minimum absolute atomic E-state index is 0.0602. The van der Waals surface area contributed by atoms with E-state index in [-0.39, 0.29) is 23.7 Å². The molecule has 1 aliphatic rings. The molecule has 1 fully saturated rings. The number of hydrogen-bond acceptors (Lipinski definition) is 2. The molecule has 0 N–H and O–H groups in total. The van der Waals surface area contributed by atoms with E-state index in [1.807, 2.05) is 13.8 Å². The zero-order chi connectivity index (χ0) is 8.59. The van der Waals surface area contributed by atoms with Gasteiger partial charge in [0, 0.05) is 12.3 Å². The summed E-state index contributed by atoms with van der Waals surface area (Å²) in [6, 6.07) is 0. The van der Waals surface area contributed by atoms with Gasteiger partial charge in [-0.2, -0.15) is 0 Å². The van der Waals surface area contributed by atoms with Crippen LogP contribution in [0.4, 0.5) is 0 Å². The van der Waals surface area contributed by atoms with Gasteiger partial charge in [-0.3, -0.25) is 14.3 Å². The zero-order valence-electron chi connectivity index (χ0n) is 6.70. The molecule has 1 aliphatic heterocycles. The molecule has 1 saturated heterocycles. The van der Waals surface area contributed by atoms with Crippen molar-refractivity contribution in [3.8, 4) is 0 Å². The molecular formula is C7H12NO2P. The fraction of sp³-hybridized carbons (Fsp3) is 0.714. The number of hydrogen-bond donors (Lipinski definition) is 0. The predicted molar refractivity (Wildman–Crippen MR) is 44.5 cm³/mol. The van der Waals surface area contributed by atoms with Crippen molar-refractivity contribution in [1.82, 2.24) is 4.67 Å². The molecule has 62 valence electrons. The Labute approximate surface area is 68.4 Å². The summed E-state index contributed by atoms with van der Waals surface area (Å²) in [6.45, 7) is 3.92. The molecule has 0 spiro atoms. The first-order valence-electron chi connectivity index (χ1n) is 3.65. The fourth-order valence-electron chi connectivity index (χ4n) is 1.20. The van der Waals surface area contributed by atoms with Crippen LogP contribution in [0.25, 0.3) is 0 Å². The van der Waals surface area contributed by atoms with Crippen molar-refractivity contribution in [2.75, 3.05) is 0 Å². The molecule has 0 aromatic heterocycles. The summed E-state index contributed by atoms with van der Waals surface area (Å²) < 4.78 is 1.14. The predicted octanol–water partition coefficient (Wildman–Crippen LogP) is 0.808. The molecule has 2 atom stereocenters. The molecule has 0 aromatic rings. The Bertz CT molecular complexity index is 203. The highest BCUT2D eigenvalue weighted by molar-refractivity contribution is 7.16. The second-order valence-electron chi connectivity index (χ2n) is 3.16. The van der Waals surface area contributed by atoms with Crippen molar-refractivity contribution in [2.24, 2.45) is 11.8 Å². The average Bonchev–Trinajstić information content (AvgIpc) is 2.17. The van der Waals surface area contributed by atoms with Gasteiger partial charge in [0.15, 0.2) is 0 Å². The molecule has 0 radical (unpaired) electrons. The van der Waals surface area contributed by atoms with Crippen LogP contribution in [0, 0.1) is 11.8 Å². The normalized spacial score (nSPS) is 25.5. The second-order valence-corrected chi connectivity index (χ2v) is 3.67. The first kappa shape index (κ1) is 8.66. The van der Waals surface area contributed by atoms with Crippen LogP contribution in [-0.2, 0) is 9.59 Å². The number of rotatable bonds is 1. The van der Waals surface area contributed by atoms with Crippen LogP contribution in [-0.4, -0.2) is 16.5 Å². The molecular weight excluding hydrogens is 161 g/mol. The largest absolute Gasteiger partial charge is 0.274 e. The van der Waals surface area contributed by atoms with Crippen LogP contribution in [0.3, 0.4) is 0 Å². The number of carbonyl (C=O) groups excluding carboxylic acids is 2. The molecule has 0 saturated carbocycles. The highest BCUT2D eigenvalue weighted by Gasteiger charge is 2.37. The number of imide groups is 1. The number of nitrogens with zero attached hydrogens (tertiary/aromatic N) is 1. The maximum atomic E-state index is 11.2. The molecule has 0 aliphatic carbocycles. The van der Waals surface area contributed by atoms with Crippen molar-refractivity contribution in [3.63, 3.8) is 0 Å². The molecule has 3 nitrogen and oxygen atoms in total. The third-order valence-electron chi connectivity index (χ3n) is 2.02. The molecule has 1 heterocycles. The van der Waals surface area contributed by atoms with Crippen molar-refractivity contribution < 1.29 is 9.59 Å². The van der Waals surface area contributed by atoms with Crippen LogP contribution in [0.2, 0.25) is 0 Å². The van der Waals surface area contributed by atoms with Crippen molar-refractivity contribution in [3.05, 3.63) is 0 Å². The molecule has 0 bridgehead atoms. The van der Waals surface area contributed by atoms with E-state index in [1.165, 1.54) is 0 Å². The first-order valence-corrected chi connectivity index (χ1v) is 4.17. The monoisotopic (exact) mass is 173 g/mol. The van der Waals surface area contributed by atoms with Crippen LogP contribution in [0.1, 0.15) is 20.3 Å². The lowest BCUT2D eigenvalue weighted by Crippen LogP contribution is -2.22. The second kappa shape index (κ2) is 2.90. The van der Waals surface area contributed by atoms with E-state index in [0.29, 0.717) is 6.42 Å². The summed E-state index contributed by atoms with van der Waals surface area (Å²) in [5, 5.41) is 0. The lowest BCUT2D eigenvalue weighted by Gasteiger charge is -2.10. The first-order chi connectivity index (χ1) is 5.04. The summed E-state index contributed by atoms with van der Waals surface area (Å²) >= 11 is 0. The summed E-state index contributed by atoms with van der Waals surface area (Å²) in [5.41, 5.74) is 0. The number of carbonyl (C=O) groups is 2. The third kappa shape index (κ3) is 1.43. The number of amides is 2. The SMILES string of the molecule is CC(C)C1CC(=O)N(P)C1=O. The Hall–Kier alpha value is -0.430. The Morgan fingerprint density at radius 2 is 2.09 bits per heavy atom. The van der Waals surface area contributed by atoms with E-state index in [9.17, 15) is 9.59 Å². The van der Waals surface area contributed by atoms with E-state index >= 15 is 0 Å². The standard InChI is InChI=1S/C7H12NO2P/c1-4(2)5-3-6(9)8(11)7(5)10/h4-5H,3,11H2,1-2H3. The maximum absolute atomic E-state index is 11.2. The summed E-state index contributed by atoms with van der Waals surface area (Å²) in [6.07, 6.45) is 0.375. The molecule has 4 heteroatoms. The Kier molecular flexibility index (Phi) is 2.28. The lowest BCUT2D eigenvalue weighted by molar-refractivity contribution is -0.133. The third-order valence-corrected chi connectivity index (χ3v) is 2.57. The van der Waals surface area contributed by atoms with Crippen LogP contribution in [0.5, 0.6) is 0 Å². The molecule has 0 aromatic carbocycles. The van der Waals surface area contributed by atoms with Gasteiger partial charge in [0.2, 0.25) is 11.8 Å². The van der Waals surface area contributed by atoms with E-state index < -0.39 is 0 Å². The van der Waals surface area contributed by atoms with Gasteiger partial charge in [0.05, 0.1) is 0 Å².